The standard InChI is InChI=1S/C17H22N6O4S/c1-9(2)13(15(18)24)22-12-8-20-14(16(19)25)17(23-12)21-10-4-6-11(7-5-10)28(3,26)27/h4-9,13H,1-3H3,(H2,18,24)(H2,19,25)(H2,21,22,23). The SMILES string of the molecule is CC(C)C(Nc1cnc(C(N)=O)c(Nc2ccc(S(C)(=O)=O)cc2)n1)C(N)=O. The highest BCUT2D eigenvalue weighted by Crippen LogP contribution is 2.21. The molecule has 11 heteroatoms. The minimum Gasteiger partial charge on any atom is -0.368 e. The molecule has 0 bridgehead atoms. The molecule has 0 fully saturated rings. The molecular weight excluding hydrogens is 384 g/mol. The molecule has 0 radical (unpaired) electrons. The average Bonchev–Trinajstić information content (AvgIpc) is 2.58. The molecule has 1 unspecified atom stereocenters. The Balaban J connectivity index is 2.36. The number of carbonyl (C=O) groups excluding carboxylic acids is 2. The molecule has 2 aromatic rings. The largest absolute Gasteiger partial charge is 0.368 e. The van der Waals surface area contributed by atoms with Crippen molar-refractivity contribution in [2.45, 2.75) is 24.8 Å². The quantitative estimate of drug-likeness (QED) is 0.495. The zero-order chi connectivity index (χ0) is 21.1. The topological polar surface area (TPSA) is 170 Å². The second-order valence-corrected chi connectivity index (χ2v) is 8.52. The Morgan fingerprint density at radius 3 is 2.18 bits per heavy atom. The number of rotatable bonds is 8. The van der Waals surface area contributed by atoms with E-state index in [0.717, 1.165) is 6.26 Å². The third-order valence-corrected chi connectivity index (χ3v) is 4.96. The number of sulfone groups is 1. The molecule has 0 saturated heterocycles. The number of hydrogen-bond donors (Lipinski definition) is 4. The number of carbonyl (C=O) groups is 2. The second-order valence-electron chi connectivity index (χ2n) is 6.51. The fraction of sp³-hybridized carbons (Fsp3) is 0.294. The Hall–Kier alpha value is -3.21. The lowest BCUT2D eigenvalue weighted by Crippen LogP contribution is -2.39. The van der Waals surface area contributed by atoms with Gasteiger partial charge in [0.15, 0.2) is 21.3 Å². The van der Waals surface area contributed by atoms with Gasteiger partial charge in [0, 0.05) is 11.9 Å². The number of benzene rings is 1. The molecule has 0 aliphatic rings. The van der Waals surface area contributed by atoms with Crippen LogP contribution in [0.4, 0.5) is 17.3 Å². The molecule has 0 aliphatic heterocycles. The Kier molecular flexibility index (Phi) is 6.19. The first kappa shape index (κ1) is 21.1. The zero-order valence-corrected chi connectivity index (χ0v) is 16.4. The molecule has 2 amide bonds. The lowest BCUT2D eigenvalue weighted by Gasteiger charge is -2.20. The van der Waals surface area contributed by atoms with Crippen LogP contribution in [0.25, 0.3) is 0 Å². The van der Waals surface area contributed by atoms with Gasteiger partial charge in [0.2, 0.25) is 5.91 Å². The van der Waals surface area contributed by atoms with E-state index in [4.69, 9.17) is 11.5 Å². The molecule has 0 saturated carbocycles. The molecular formula is C17H22N6O4S. The smallest absolute Gasteiger partial charge is 0.271 e. The fourth-order valence-corrected chi connectivity index (χ4v) is 3.00. The summed E-state index contributed by atoms with van der Waals surface area (Å²) in [6.45, 7) is 3.63. The Morgan fingerprint density at radius 2 is 1.71 bits per heavy atom. The molecule has 28 heavy (non-hydrogen) atoms. The van der Waals surface area contributed by atoms with Gasteiger partial charge in [-0.1, -0.05) is 13.8 Å². The van der Waals surface area contributed by atoms with Crippen LogP contribution in [0.3, 0.4) is 0 Å². The normalized spacial score (nSPS) is 12.4. The van der Waals surface area contributed by atoms with Crippen molar-refractivity contribution in [2.24, 2.45) is 17.4 Å². The van der Waals surface area contributed by atoms with Crippen molar-refractivity contribution < 1.29 is 18.0 Å². The van der Waals surface area contributed by atoms with Crippen molar-refractivity contribution in [3.05, 3.63) is 36.2 Å². The number of hydrogen-bond acceptors (Lipinski definition) is 8. The maximum Gasteiger partial charge on any atom is 0.271 e. The number of nitrogens with one attached hydrogen (secondary N) is 2. The molecule has 1 atom stereocenters. The van der Waals surface area contributed by atoms with Gasteiger partial charge in [-0.15, -0.1) is 0 Å². The van der Waals surface area contributed by atoms with Gasteiger partial charge in [-0.2, -0.15) is 0 Å². The summed E-state index contributed by atoms with van der Waals surface area (Å²) in [5, 5.41) is 5.76. The predicted octanol–water partition coefficient (Wildman–Crippen LogP) is 0.644. The van der Waals surface area contributed by atoms with E-state index in [2.05, 4.69) is 20.6 Å². The number of anilines is 3. The molecule has 1 aromatic heterocycles. The van der Waals surface area contributed by atoms with E-state index in [9.17, 15) is 18.0 Å². The fourth-order valence-electron chi connectivity index (χ4n) is 2.37. The van der Waals surface area contributed by atoms with Crippen LogP contribution in [0, 0.1) is 5.92 Å². The average molecular weight is 406 g/mol. The van der Waals surface area contributed by atoms with Crippen LogP contribution in [-0.2, 0) is 14.6 Å². The van der Waals surface area contributed by atoms with Gasteiger partial charge in [-0.25, -0.2) is 18.4 Å². The molecule has 1 aromatic carbocycles. The first-order valence-electron chi connectivity index (χ1n) is 8.29. The summed E-state index contributed by atoms with van der Waals surface area (Å²) in [6, 6.07) is 5.18. The maximum absolute atomic E-state index is 11.7. The second kappa shape index (κ2) is 8.21. The predicted molar refractivity (Wildman–Crippen MR) is 105 cm³/mol. The minimum absolute atomic E-state index is 0.0524. The minimum atomic E-state index is -3.33. The van der Waals surface area contributed by atoms with E-state index in [-0.39, 0.29) is 28.1 Å². The highest BCUT2D eigenvalue weighted by Gasteiger charge is 2.21. The van der Waals surface area contributed by atoms with Gasteiger partial charge in [-0.05, 0) is 30.2 Å². The number of nitrogens with two attached hydrogens (primary N) is 2. The monoisotopic (exact) mass is 406 g/mol. The Morgan fingerprint density at radius 1 is 1.11 bits per heavy atom. The van der Waals surface area contributed by atoms with Crippen LogP contribution in [0.15, 0.2) is 35.4 Å². The van der Waals surface area contributed by atoms with E-state index in [1.54, 1.807) is 0 Å². The number of primary amides is 2. The van der Waals surface area contributed by atoms with Gasteiger partial charge in [0.25, 0.3) is 5.91 Å². The molecule has 1 heterocycles. The van der Waals surface area contributed by atoms with E-state index >= 15 is 0 Å². The summed E-state index contributed by atoms with van der Waals surface area (Å²) in [6.07, 6.45) is 2.38. The summed E-state index contributed by atoms with van der Waals surface area (Å²) in [7, 11) is -3.33. The highest BCUT2D eigenvalue weighted by atomic mass is 32.2. The van der Waals surface area contributed by atoms with Gasteiger partial charge >= 0.3 is 0 Å². The van der Waals surface area contributed by atoms with Crippen molar-refractivity contribution in [1.82, 2.24) is 9.97 Å². The number of nitrogens with zero attached hydrogens (tertiary/aromatic N) is 2. The van der Waals surface area contributed by atoms with Crippen molar-refractivity contribution in [1.29, 1.82) is 0 Å². The molecule has 10 nitrogen and oxygen atoms in total. The lowest BCUT2D eigenvalue weighted by molar-refractivity contribution is -0.119. The zero-order valence-electron chi connectivity index (χ0n) is 15.6. The van der Waals surface area contributed by atoms with Gasteiger partial charge in [-0.3, -0.25) is 9.59 Å². The summed E-state index contributed by atoms with van der Waals surface area (Å²) in [4.78, 5) is 31.6. The van der Waals surface area contributed by atoms with E-state index in [1.165, 1.54) is 30.5 Å². The maximum atomic E-state index is 11.7. The Bertz CT molecular complexity index is 989. The van der Waals surface area contributed by atoms with Crippen LogP contribution in [0.5, 0.6) is 0 Å². The summed E-state index contributed by atoms with van der Waals surface area (Å²) < 4.78 is 23.1. The molecule has 0 aliphatic carbocycles. The third kappa shape index (κ3) is 5.16. The van der Waals surface area contributed by atoms with Gasteiger partial charge < -0.3 is 22.1 Å². The van der Waals surface area contributed by atoms with E-state index < -0.39 is 27.7 Å². The van der Waals surface area contributed by atoms with Crippen molar-refractivity contribution in [3.8, 4) is 0 Å². The summed E-state index contributed by atoms with van der Waals surface area (Å²) in [5.41, 5.74) is 11.1. The van der Waals surface area contributed by atoms with E-state index in [1.807, 2.05) is 13.8 Å². The summed E-state index contributed by atoms with van der Waals surface area (Å²) in [5.74, 6) is -1.18. The first-order valence-corrected chi connectivity index (χ1v) is 10.2. The van der Waals surface area contributed by atoms with Crippen LogP contribution in [0.1, 0.15) is 24.3 Å². The number of aromatic nitrogens is 2. The van der Waals surface area contributed by atoms with Gasteiger partial charge in [0.1, 0.15) is 11.9 Å². The molecule has 6 N–H and O–H groups in total. The van der Waals surface area contributed by atoms with Crippen LogP contribution < -0.4 is 22.1 Å². The number of amides is 2. The lowest BCUT2D eigenvalue weighted by atomic mass is 10.0. The molecule has 0 spiro atoms. The van der Waals surface area contributed by atoms with Crippen LogP contribution in [-0.4, -0.2) is 42.5 Å². The first-order chi connectivity index (χ1) is 13.0. The van der Waals surface area contributed by atoms with Crippen LogP contribution >= 0.6 is 0 Å². The highest BCUT2D eigenvalue weighted by molar-refractivity contribution is 7.90. The van der Waals surface area contributed by atoms with Crippen LogP contribution in [0.2, 0.25) is 0 Å². The van der Waals surface area contributed by atoms with Crippen molar-refractivity contribution in [3.63, 3.8) is 0 Å². The van der Waals surface area contributed by atoms with Crippen molar-refractivity contribution >= 4 is 39.0 Å². The van der Waals surface area contributed by atoms with E-state index in [0.29, 0.717) is 5.69 Å². The Labute approximate surface area is 162 Å². The molecule has 2 rings (SSSR count). The summed E-state index contributed by atoms with van der Waals surface area (Å²) >= 11 is 0. The van der Waals surface area contributed by atoms with Crippen molar-refractivity contribution in [2.75, 3.05) is 16.9 Å². The third-order valence-electron chi connectivity index (χ3n) is 3.83. The van der Waals surface area contributed by atoms with Gasteiger partial charge in [0.05, 0.1) is 11.1 Å². The molecule has 150 valence electrons.